The molecule has 0 aliphatic carbocycles. The van der Waals surface area contributed by atoms with E-state index in [2.05, 4.69) is 4.98 Å². The van der Waals surface area contributed by atoms with Gasteiger partial charge in [0.1, 0.15) is 4.88 Å². The van der Waals surface area contributed by atoms with E-state index in [1.54, 1.807) is 18.4 Å². The van der Waals surface area contributed by atoms with Crippen molar-refractivity contribution in [1.29, 1.82) is 0 Å². The highest BCUT2D eigenvalue weighted by Gasteiger charge is 2.42. The van der Waals surface area contributed by atoms with Crippen molar-refractivity contribution in [1.82, 2.24) is 18.5 Å². The Morgan fingerprint density at radius 2 is 2.00 bits per heavy atom. The fraction of sp³-hybridized carbons (Fsp3) is 0.750. The van der Waals surface area contributed by atoms with Gasteiger partial charge in [0.05, 0.1) is 10.7 Å². The van der Waals surface area contributed by atoms with Crippen LogP contribution in [0.25, 0.3) is 0 Å². The summed E-state index contributed by atoms with van der Waals surface area (Å²) in [5.74, 6) is 0.199. The number of thiazole rings is 1. The SMILES string of the molecule is CCc1nc(C)c(C(=O)N2C[C@H]3CC[C@@H]2CN(S(=O)(=O)N(C)C)C3)s1. The average Bonchev–Trinajstić information content (AvgIpc) is 2.74. The lowest BCUT2D eigenvalue weighted by Gasteiger charge is -2.36. The van der Waals surface area contributed by atoms with Crippen LogP contribution in [0.2, 0.25) is 0 Å². The Morgan fingerprint density at radius 1 is 1.28 bits per heavy atom. The molecule has 0 unspecified atom stereocenters. The van der Waals surface area contributed by atoms with Crippen LogP contribution < -0.4 is 0 Å². The minimum atomic E-state index is -3.45. The second-order valence-corrected chi connectivity index (χ2v) is 10.3. The van der Waals surface area contributed by atoms with Crippen molar-refractivity contribution >= 4 is 27.5 Å². The minimum absolute atomic E-state index is 0.00787. The molecule has 0 aromatic carbocycles. The number of fused-ring (bicyclic) bond motifs is 4. The summed E-state index contributed by atoms with van der Waals surface area (Å²) < 4.78 is 27.9. The first kappa shape index (κ1) is 18.8. The lowest BCUT2D eigenvalue weighted by molar-refractivity contribution is 0.0592. The van der Waals surface area contributed by atoms with E-state index in [1.807, 2.05) is 18.7 Å². The van der Waals surface area contributed by atoms with Crippen molar-refractivity contribution in [3.8, 4) is 0 Å². The van der Waals surface area contributed by atoms with Gasteiger partial charge in [0.25, 0.3) is 16.1 Å². The molecule has 3 saturated heterocycles. The summed E-state index contributed by atoms with van der Waals surface area (Å²) in [5.41, 5.74) is 0.782. The van der Waals surface area contributed by atoms with Gasteiger partial charge in [-0.1, -0.05) is 6.92 Å². The van der Waals surface area contributed by atoms with E-state index in [0.717, 1.165) is 30.0 Å². The molecule has 3 aliphatic heterocycles. The van der Waals surface area contributed by atoms with Gasteiger partial charge in [-0.3, -0.25) is 4.79 Å². The van der Waals surface area contributed by atoms with Crippen LogP contribution in [0.15, 0.2) is 0 Å². The van der Waals surface area contributed by atoms with Crippen molar-refractivity contribution in [2.24, 2.45) is 5.92 Å². The zero-order valence-electron chi connectivity index (χ0n) is 15.2. The highest BCUT2D eigenvalue weighted by atomic mass is 32.2. The predicted molar refractivity (Wildman–Crippen MR) is 98.0 cm³/mol. The number of amides is 1. The lowest BCUT2D eigenvalue weighted by atomic mass is 9.95. The van der Waals surface area contributed by atoms with Crippen molar-refractivity contribution in [2.75, 3.05) is 33.7 Å². The Labute approximate surface area is 153 Å². The van der Waals surface area contributed by atoms with E-state index < -0.39 is 10.2 Å². The van der Waals surface area contributed by atoms with Crippen LogP contribution in [-0.2, 0) is 16.6 Å². The fourth-order valence-corrected chi connectivity index (χ4v) is 5.82. The number of rotatable bonds is 4. The Kier molecular flexibility index (Phi) is 5.21. The molecule has 9 heteroatoms. The molecule has 0 spiro atoms. The van der Waals surface area contributed by atoms with E-state index in [1.165, 1.54) is 15.6 Å². The van der Waals surface area contributed by atoms with Gasteiger partial charge in [-0.15, -0.1) is 11.3 Å². The summed E-state index contributed by atoms with van der Waals surface area (Å²) in [6, 6.07) is -0.0625. The summed E-state index contributed by atoms with van der Waals surface area (Å²) in [6.45, 7) is 5.40. The highest BCUT2D eigenvalue weighted by Crippen LogP contribution is 2.32. The molecule has 1 aromatic heterocycles. The molecular formula is C16H26N4O3S2. The van der Waals surface area contributed by atoms with Crippen molar-refractivity contribution < 1.29 is 13.2 Å². The summed E-state index contributed by atoms with van der Waals surface area (Å²) in [7, 11) is -0.345. The molecule has 3 fully saturated rings. The maximum atomic E-state index is 13.1. The first-order valence-corrected chi connectivity index (χ1v) is 10.9. The maximum absolute atomic E-state index is 13.1. The van der Waals surface area contributed by atoms with Gasteiger partial charge >= 0.3 is 0 Å². The molecule has 7 nitrogen and oxygen atoms in total. The van der Waals surface area contributed by atoms with Gasteiger partial charge in [0.2, 0.25) is 0 Å². The molecule has 25 heavy (non-hydrogen) atoms. The summed E-state index contributed by atoms with van der Waals surface area (Å²) >= 11 is 1.46. The van der Waals surface area contributed by atoms with E-state index >= 15 is 0 Å². The Morgan fingerprint density at radius 3 is 2.60 bits per heavy atom. The molecule has 0 saturated carbocycles. The van der Waals surface area contributed by atoms with Gasteiger partial charge in [0.15, 0.2) is 0 Å². The Hall–Kier alpha value is -1.03. The topological polar surface area (TPSA) is 73.8 Å². The van der Waals surface area contributed by atoms with E-state index in [-0.39, 0.29) is 17.9 Å². The number of hydrogen-bond acceptors (Lipinski definition) is 5. The zero-order valence-corrected chi connectivity index (χ0v) is 16.9. The summed E-state index contributed by atoms with van der Waals surface area (Å²) in [5, 5.41) is 0.970. The minimum Gasteiger partial charge on any atom is -0.333 e. The van der Waals surface area contributed by atoms with Gasteiger partial charge in [-0.2, -0.15) is 17.0 Å². The quantitative estimate of drug-likeness (QED) is 0.783. The number of aromatic nitrogens is 1. The number of piperidine rings is 1. The first-order chi connectivity index (χ1) is 11.7. The van der Waals surface area contributed by atoms with Gasteiger partial charge in [-0.25, -0.2) is 4.98 Å². The normalized spacial score (nSPS) is 24.8. The zero-order chi connectivity index (χ0) is 18.4. The molecule has 2 bridgehead atoms. The molecule has 2 atom stereocenters. The highest BCUT2D eigenvalue weighted by molar-refractivity contribution is 7.86. The molecule has 0 N–H and O–H groups in total. The monoisotopic (exact) mass is 386 g/mol. The van der Waals surface area contributed by atoms with Crippen LogP contribution in [0.1, 0.15) is 40.1 Å². The van der Waals surface area contributed by atoms with Crippen LogP contribution in [-0.4, -0.2) is 72.6 Å². The predicted octanol–water partition coefficient (Wildman–Crippen LogP) is 1.36. The molecular weight excluding hydrogens is 360 g/mol. The number of aryl methyl sites for hydroxylation is 2. The van der Waals surface area contributed by atoms with Crippen LogP contribution in [0.3, 0.4) is 0 Å². The third-order valence-electron chi connectivity index (χ3n) is 5.07. The third kappa shape index (κ3) is 3.47. The van der Waals surface area contributed by atoms with E-state index in [4.69, 9.17) is 0 Å². The molecule has 1 aromatic rings. The van der Waals surface area contributed by atoms with E-state index in [0.29, 0.717) is 24.5 Å². The fourth-order valence-electron chi connectivity index (χ4n) is 3.64. The molecule has 0 radical (unpaired) electrons. The number of hydrogen-bond donors (Lipinski definition) is 0. The van der Waals surface area contributed by atoms with Crippen molar-refractivity contribution in [2.45, 2.75) is 39.2 Å². The van der Waals surface area contributed by atoms with Gasteiger partial charge < -0.3 is 4.90 Å². The third-order valence-corrected chi connectivity index (χ3v) is 8.23. The van der Waals surface area contributed by atoms with Gasteiger partial charge in [0, 0.05) is 39.8 Å². The molecule has 4 heterocycles. The second kappa shape index (κ2) is 6.94. The smallest absolute Gasteiger partial charge is 0.281 e. The summed E-state index contributed by atoms with van der Waals surface area (Å²) in [4.78, 5) is 20.2. The number of nitrogens with zero attached hydrogens (tertiary/aromatic N) is 4. The van der Waals surface area contributed by atoms with Crippen LogP contribution in [0.4, 0.5) is 0 Å². The van der Waals surface area contributed by atoms with E-state index in [9.17, 15) is 13.2 Å². The lowest BCUT2D eigenvalue weighted by Crippen LogP contribution is -2.48. The first-order valence-electron chi connectivity index (χ1n) is 8.68. The largest absolute Gasteiger partial charge is 0.333 e. The van der Waals surface area contributed by atoms with Crippen molar-refractivity contribution in [3.05, 3.63) is 15.6 Å². The molecule has 140 valence electrons. The average molecular weight is 387 g/mol. The second-order valence-electron chi connectivity index (χ2n) is 7.04. The van der Waals surface area contributed by atoms with Crippen molar-refractivity contribution in [3.63, 3.8) is 0 Å². The molecule has 3 aliphatic rings. The Bertz CT molecular complexity index is 759. The van der Waals surface area contributed by atoms with Gasteiger partial charge in [-0.05, 0) is 32.1 Å². The number of carbonyl (C=O) groups is 1. The standard InChI is InChI=1S/C16H26N4O3S2/c1-5-14-17-11(2)15(24-14)16(21)20-9-12-6-7-13(20)10-19(8-12)25(22,23)18(3)4/h12-13H,5-10H2,1-4H3/t12-,13+/m0/s1. The van der Waals surface area contributed by atoms with Crippen LogP contribution in [0.5, 0.6) is 0 Å². The number of carbonyl (C=O) groups excluding carboxylic acids is 1. The Balaban J connectivity index is 1.85. The van der Waals surface area contributed by atoms with Crippen LogP contribution >= 0.6 is 11.3 Å². The molecule has 1 amide bonds. The molecule has 4 rings (SSSR count). The summed E-state index contributed by atoms with van der Waals surface area (Å²) in [6.07, 6.45) is 2.64. The van der Waals surface area contributed by atoms with Crippen LogP contribution in [0, 0.1) is 12.8 Å². The maximum Gasteiger partial charge on any atom is 0.281 e.